The van der Waals surface area contributed by atoms with Gasteiger partial charge in [0, 0.05) is 22.9 Å². The van der Waals surface area contributed by atoms with Gasteiger partial charge in [0.25, 0.3) is 0 Å². The maximum atomic E-state index is 5.58. The molecule has 0 radical (unpaired) electrons. The van der Waals surface area contributed by atoms with Crippen LogP contribution in [0.3, 0.4) is 0 Å². The Morgan fingerprint density at radius 3 is 2.87 bits per heavy atom. The molecule has 1 atom stereocenters. The molecule has 2 aromatic rings. The Morgan fingerprint density at radius 1 is 1.47 bits per heavy atom. The summed E-state index contributed by atoms with van der Waals surface area (Å²) in [7, 11) is 0. The van der Waals surface area contributed by atoms with Gasteiger partial charge in [0.2, 0.25) is 0 Å². The number of rotatable bonds is 4. The Kier molecular flexibility index (Phi) is 3.48. The summed E-state index contributed by atoms with van der Waals surface area (Å²) >= 11 is 3.41. The molecule has 0 spiro atoms. The molecule has 2 rings (SSSR count). The molecule has 80 valence electrons. The molecule has 3 nitrogen and oxygen atoms in total. The lowest BCUT2D eigenvalue weighted by Gasteiger charge is -2.13. The summed E-state index contributed by atoms with van der Waals surface area (Å²) < 4.78 is 0. The van der Waals surface area contributed by atoms with E-state index in [0.29, 0.717) is 0 Å². The predicted octanol–water partition coefficient (Wildman–Crippen LogP) is 2.26. The Labute approximate surface area is 96.9 Å². The van der Waals surface area contributed by atoms with E-state index in [4.69, 9.17) is 5.84 Å². The second-order valence-electron chi connectivity index (χ2n) is 3.32. The first-order valence-corrected chi connectivity index (χ1v) is 6.45. The third kappa shape index (κ3) is 2.43. The molecule has 0 bridgehead atoms. The van der Waals surface area contributed by atoms with Crippen molar-refractivity contribution < 1.29 is 0 Å². The highest BCUT2D eigenvalue weighted by atomic mass is 32.1. The van der Waals surface area contributed by atoms with Gasteiger partial charge in [0.05, 0.1) is 11.0 Å². The lowest BCUT2D eigenvalue weighted by atomic mass is 10.1. The Hall–Kier alpha value is -0.750. The number of hydrogen-bond acceptors (Lipinski definition) is 5. The summed E-state index contributed by atoms with van der Waals surface area (Å²) in [6.45, 7) is 2.11. The van der Waals surface area contributed by atoms with Crippen LogP contribution in [0.1, 0.15) is 21.5 Å². The summed E-state index contributed by atoms with van der Waals surface area (Å²) in [5, 5.41) is 5.20. The fourth-order valence-corrected chi connectivity index (χ4v) is 3.15. The van der Waals surface area contributed by atoms with E-state index in [1.807, 2.05) is 11.6 Å². The molecule has 0 fully saturated rings. The van der Waals surface area contributed by atoms with E-state index in [1.165, 1.54) is 10.4 Å². The van der Waals surface area contributed by atoms with Crippen LogP contribution in [0.2, 0.25) is 0 Å². The van der Waals surface area contributed by atoms with E-state index in [-0.39, 0.29) is 6.04 Å². The van der Waals surface area contributed by atoms with Gasteiger partial charge in [-0.25, -0.2) is 4.98 Å². The monoisotopic (exact) mass is 239 g/mol. The largest absolute Gasteiger partial charge is 0.271 e. The summed E-state index contributed by atoms with van der Waals surface area (Å²) in [6.07, 6.45) is 2.68. The highest BCUT2D eigenvalue weighted by molar-refractivity contribution is 7.10. The molecule has 2 aromatic heterocycles. The topological polar surface area (TPSA) is 50.9 Å². The zero-order valence-electron chi connectivity index (χ0n) is 8.43. The van der Waals surface area contributed by atoms with Gasteiger partial charge >= 0.3 is 0 Å². The molecule has 0 aliphatic rings. The van der Waals surface area contributed by atoms with Crippen molar-refractivity contribution in [1.29, 1.82) is 0 Å². The minimum Gasteiger partial charge on any atom is -0.271 e. The number of hydrogen-bond donors (Lipinski definition) is 2. The van der Waals surface area contributed by atoms with Gasteiger partial charge in [-0.3, -0.25) is 11.3 Å². The standard InChI is InChI=1S/C10H13N3S2/c1-7-2-4-15-10(7)8(13-11)6-9-12-3-5-14-9/h2-5,8,13H,6,11H2,1H3. The normalized spacial score (nSPS) is 12.9. The molecule has 0 saturated carbocycles. The minimum atomic E-state index is 0.177. The number of hydrazine groups is 1. The van der Waals surface area contributed by atoms with Crippen LogP contribution in [0, 0.1) is 6.92 Å². The van der Waals surface area contributed by atoms with Gasteiger partial charge in [0.15, 0.2) is 0 Å². The van der Waals surface area contributed by atoms with Gasteiger partial charge in [0.1, 0.15) is 0 Å². The number of aromatic nitrogens is 1. The average molecular weight is 239 g/mol. The SMILES string of the molecule is Cc1ccsc1C(Cc1nccs1)NN. The molecular formula is C10H13N3S2. The molecule has 3 N–H and O–H groups in total. The van der Waals surface area contributed by atoms with Crippen molar-refractivity contribution in [1.82, 2.24) is 10.4 Å². The maximum absolute atomic E-state index is 5.58. The highest BCUT2D eigenvalue weighted by Gasteiger charge is 2.15. The van der Waals surface area contributed by atoms with E-state index in [2.05, 4.69) is 28.8 Å². The van der Waals surface area contributed by atoms with E-state index in [1.54, 1.807) is 22.7 Å². The number of thiophene rings is 1. The van der Waals surface area contributed by atoms with Crippen LogP contribution in [0.4, 0.5) is 0 Å². The predicted molar refractivity (Wildman–Crippen MR) is 64.9 cm³/mol. The number of nitrogens with zero attached hydrogens (tertiary/aromatic N) is 1. The summed E-state index contributed by atoms with van der Waals surface area (Å²) in [5.41, 5.74) is 4.15. The lowest BCUT2D eigenvalue weighted by molar-refractivity contribution is 0.557. The van der Waals surface area contributed by atoms with Gasteiger partial charge in [-0.15, -0.1) is 22.7 Å². The van der Waals surface area contributed by atoms with Crippen LogP contribution >= 0.6 is 22.7 Å². The van der Waals surface area contributed by atoms with Crippen LogP contribution in [0.15, 0.2) is 23.0 Å². The first-order valence-electron chi connectivity index (χ1n) is 4.69. The number of nitrogens with one attached hydrogen (secondary N) is 1. The third-order valence-corrected chi connectivity index (χ3v) is 4.22. The first kappa shape index (κ1) is 10.8. The molecule has 0 amide bonds. The van der Waals surface area contributed by atoms with Gasteiger partial charge in [-0.2, -0.15) is 0 Å². The average Bonchev–Trinajstić information content (AvgIpc) is 2.85. The Morgan fingerprint density at radius 2 is 2.33 bits per heavy atom. The van der Waals surface area contributed by atoms with Gasteiger partial charge in [-0.1, -0.05) is 0 Å². The van der Waals surface area contributed by atoms with Crippen molar-refractivity contribution in [3.8, 4) is 0 Å². The second-order valence-corrected chi connectivity index (χ2v) is 5.24. The third-order valence-electron chi connectivity index (χ3n) is 2.28. The minimum absolute atomic E-state index is 0.177. The van der Waals surface area contributed by atoms with Gasteiger partial charge in [-0.05, 0) is 23.9 Å². The summed E-state index contributed by atoms with van der Waals surface area (Å²) in [5.74, 6) is 5.58. The van der Waals surface area contributed by atoms with Crippen molar-refractivity contribution in [3.63, 3.8) is 0 Å². The molecule has 0 saturated heterocycles. The quantitative estimate of drug-likeness (QED) is 0.635. The first-order chi connectivity index (χ1) is 7.31. The van der Waals surface area contributed by atoms with Crippen molar-refractivity contribution in [3.05, 3.63) is 38.5 Å². The Bertz CT molecular complexity index is 408. The van der Waals surface area contributed by atoms with Crippen LogP contribution in [0.5, 0.6) is 0 Å². The number of aryl methyl sites for hydroxylation is 1. The fraction of sp³-hybridized carbons (Fsp3) is 0.300. The maximum Gasteiger partial charge on any atom is 0.0944 e. The lowest BCUT2D eigenvalue weighted by Crippen LogP contribution is -2.29. The zero-order chi connectivity index (χ0) is 10.7. The van der Waals surface area contributed by atoms with Crippen molar-refractivity contribution >= 4 is 22.7 Å². The second kappa shape index (κ2) is 4.85. The summed E-state index contributed by atoms with van der Waals surface area (Å²) in [6, 6.07) is 2.29. The zero-order valence-corrected chi connectivity index (χ0v) is 10.1. The van der Waals surface area contributed by atoms with Crippen LogP contribution in [-0.4, -0.2) is 4.98 Å². The van der Waals surface area contributed by atoms with Crippen LogP contribution in [0.25, 0.3) is 0 Å². The molecule has 2 heterocycles. The number of nitrogens with two attached hydrogens (primary N) is 1. The molecule has 15 heavy (non-hydrogen) atoms. The van der Waals surface area contributed by atoms with Crippen LogP contribution < -0.4 is 11.3 Å². The smallest absolute Gasteiger partial charge is 0.0944 e. The van der Waals surface area contributed by atoms with E-state index < -0.39 is 0 Å². The van der Waals surface area contributed by atoms with Crippen molar-refractivity contribution in [2.75, 3.05) is 0 Å². The summed E-state index contributed by atoms with van der Waals surface area (Å²) in [4.78, 5) is 5.57. The van der Waals surface area contributed by atoms with Crippen LogP contribution in [-0.2, 0) is 6.42 Å². The molecule has 0 aliphatic carbocycles. The van der Waals surface area contributed by atoms with Gasteiger partial charge < -0.3 is 0 Å². The molecular weight excluding hydrogens is 226 g/mol. The highest BCUT2D eigenvalue weighted by Crippen LogP contribution is 2.26. The van der Waals surface area contributed by atoms with E-state index in [0.717, 1.165) is 11.4 Å². The number of thiazole rings is 1. The van der Waals surface area contributed by atoms with E-state index >= 15 is 0 Å². The fourth-order valence-electron chi connectivity index (χ4n) is 1.50. The Balaban J connectivity index is 2.15. The molecule has 0 aromatic carbocycles. The molecule has 5 heteroatoms. The molecule has 1 unspecified atom stereocenters. The van der Waals surface area contributed by atoms with Crippen molar-refractivity contribution in [2.45, 2.75) is 19.4 Å². The van der Waals surface area contributed by atoms with Crippen molar-refractivity contribution in [2.24, 2.45) is 5.84 Å². The molecule has 0 aliphatic heterocycles. The van der Waals surface area contributed by atoms with E-state index in [9.17, 15) is 0 Å².